The van der Waals surface area contributed by atoms with Gasteiger partial charge in [0.25, 0.3) is 0 Å². The van der Waals surface area contributed by atoms with Gasteiger partial charge in [0.2, 0.25) is 0 Å². The molecule has 3 heteroatoms. The van der Waals surface area contributed by atoms with Crippen molar-refractivity contribution >= 4 is 0 Å². The average Bonchev–Trinajstić information content (AvgIpc) is 2.83. The Morgan fingerprint density at radius 3 is 2.62 bits per heavy atom. The van der Waals surface area contributed by atoms with Crippen LogP contribution in [-0.2, 0) is 0 Å². The van der Waals surface area contributed by atoms with Crippen molar-refractivity contribution in [3.05, 3.63) is 54.2 Å². The number of pyridine rings is 1. The van der Waals surface area contributed by atoms with Gasteiger partial charge < -0.3 is 4.42 Å². The number of nitrogens with one attached hydrogen (secondary N) is 1. The lowest BCUT2D eigenvalue weighted by molar-refractivity contribution is 0.400. The van der Waals surface area contributed by atoms with Crippen molar-refractivity contribution in [2.45, 2.75) is 25.9 Å². The molecule has 2 atom stereocenters. The smallest absolute Gasteiger partial charge is 0.120 e. The maximum absolute atomic E-state index is 5.35. The molecule has 0 aliphatic heterocycles. The van der Waals surface area contributed by atoms with Gasteiger partial charge in [-0.2, -0.15) is 0 Å². The van der Waals surface area contributed by atoms with Crippen molar-refractivity contribution in [2.24, 2.45) is 0 Å². The molecule has 2 aromatic heterocycles. The van der Waals surface area contributed by atoms with E-state index in [1.165, 1.54) is 0 Å². The van der Waals surface area contributed by atoms with Crippen LogP contribution in [0.25, 0.3) is 0 Å². The lowest BCUT2D eigenvalue weighted by Gasteiger charge is -2.17. The number of rotatable bonds is 4. The van der Waals surface area contributed by atoms with Gasteiger partial charge in [-0.05, 0) is 38.1 Å². The molecule has 0 aromatic carbocycles. The van der Waals surface area contributed by atoms with Crippen molar-refractivity contribution in [3.8, 4) is 0 Å². The van der Waals surface area contributed by atoms with Crippen LogP contribution in [0.2, 0.25) is 0 Å². The molecule has 0 saturated heterocycles. The Morgan fingerprint density at radius 1 is 1.12 bits per heavy atom. The zero-order chi connectivity index (χ0) is 11.4. The van der Waals surface area contributed by atoms with Gasteiger partial charge in [0.1, 0.15) is 5.76 Å². The summed E-state index contributed by atoms with van der Waals surface area (Å²) in [6.07, 6.45) is 3.50. The Bertz CT molecular complexity index is 411. The third-order valence-corrected chi connectivity index (χ3v) is 2.60. The SMILES string of the molecule is CC(NC(C)c1ccco1)c1ccccn1. The molecule has 0 amide bonds. The molecule has 0 spiro atoms. The van der Waals surface area contributed by atoms with E-state index < -0.39 is 0 Å². The standard InChI is InChI=1S/C13H16N2O/c1-10(12-6-3-4-8-14-12)15-11(2)13-7-5-9-16-13/h3-11,15H,1-2H3. The van der Waals surface area contributed by atoms with Crippen LogP contribution in [0.15, 0.2) is 47.2 Å². The van der Waals surface area contributed by atoms with Crippen LogP contribution in [0.1, 0.15) is 37.4 Å². The van der Waals surface area contributed by atoms with Crippen LogP contribution in [0.5, 0.6) is 0 Å². The van der Waals surface area contributed by atoms with Gasteiger partial charge in [0, 0.05) is 12.2 Å². The molecule has 2 rings (SSSR count). The lowest BCUT2D eigenvalue weighted by Crippen LogP contribution is -2.22. The van der Waals surface area contributed by atoms with E-state index in [4.69, 9.17) is 4.42 Å². The summed E-state index contributed by atoms with van der Waals surface area (Å²) in [5.74, 6) is 0.947. The highest BCUT2D eigenvalue weighted by molar-refractivity contribution is 5.10. The summed E-state index contributed by atoms with van der Waals surface area (Å²) in [5.41, 5.74) is 1.04. The number of hydrogen-bond donors (Lipinski definition) is 1. The molecule has 16 heavy (non-hydrogen) atoms. The second-order valence-corrected chi connectivity index (χ2v) is 3.88. The summed E-state index contributed by atoms with van der Waals surface area (Å²) in [7, 11) is 0. The molecule has 2 heterocycles. The zero-order valence-electron chi connectivity index (χ0n) is 9.55. The highest BCUT2D eigenvalue weighted by Gasteiger charge is 2.13. The van der Waals surface area contributed by atoms with Crippen LogP contribution in [0, 0.1) is 0 Å². The van der Waals surface area contributed by atoms with E-state index in [9.17, 15) is 0 Å². The van der Waals surface area contributed by atoms with Gasteiger partial charge >= 0.3 is 0 Å². The fourth-order valence-electron chi connectivity index (χ4n) is 1.71. The Hall–Kier alpha value is -1.61. The van der Waals surface area contributed by atoms with Crippen LogP contribution >= 0.6 is 0 Å². The number of hydrogen-bond acceptors (Lipinski definition) is 3. The molecule has 2 aromatic rings. The third-order valence-electron chi connectivity index (χ3n) is 2.60. The second-order valence-electron chi connectivity index (χ2n) is 3.88. The van der Waals surface area contributed by atoms with E-state index in [2.05, 4.69) is 24.1 Å². The van der Waals surface area contributed by atoms with Crippen molar-refractivity contribution in [2.75, 3.05) is 0 Å². The Labute approximate surface area is 95.5 Å². The minimum atomic E-state index is 0.187. The average molecular weight is 216 g/mol. The molecule has 0 aliphatic carbocycles. The predicted molar refractivity (Wildman–Crippen MR) is 62.9 cm³/mol. The van der Waals surface area contributed by atoms with E-state index >= 15 is 0 Å². The van der Waals surface area contributed by atoms with Gasteiger partial charge in [-0.3, -0.25) is 10.3 Å². The van der Waals surface area contributed by atoms with E-state index in [1.807, 2.05) is 36.5 Å². The first-order valence-electron chi connectivity index (χ1n) is 5.48. The zero-order valence-corrected chi connectivity index (χ0v) is 9.55. The van der Waals surface area contributed by atoms with Crippen LogP contribution < -0.4 is 5.32 Å². The van der Waals surface area contributed by atoms with Crippen LogP contribution in [0.4, 0.5) is 0 Å². The summed E-state index contributed by atoms with van der Waals surface area (Å²) < 4.78 is 5.35. The first-order valence-corrected chi connectivity index (χ1v) is 5.48. The van der Waals surface area contributed by atoms with Crippen molar-refractivity contribution in [1.29, 1.82) is 0 Å². The Balaban J connectivity index is 2.00. The predicted octanol–water partition coefficient (Wildman–Crippen LogP) is 3.09. The lowest BCUT2D eigenvalue weighted by atomic mass is 10.1. The van der Waals surface area contributed by atoms with Crippen molar-refractivity contribution < 1.29 is 4.42 Å². The molecule has 1 N–H and O–H groups in total. The Morgan fingerprint density at radius 2 is 2.00 bits per heavy atom. The van der Waals surface area contributed by atoms with Crippen LogP contribution in [0.3, 0.4) is 0 Å². The van der Waals surface area contributed by atoms with E-state index in [0.29, 0.717) is 0 Å². The minimum Gasteiger partial charge on any atom is -0.468 e. The first-order chi connectivity index (χ1) is 7.77. The van der Waals surface area contributed by atoms with Gasteiger partial charge in [0.15, 0.2) is 0 Å². The fourth-order valence-corrected chi connectivity index (χ4v) is 1.71. The molecule has 0 aliphatic rings. The summed E-state index contributed by atoms with van der Waals surface area (Å²) in [6.45, 7) is 4.18. The quantitative estimate of drug-likeness (QED) is 0.853. The van der Waals surface area contributed by atoms with Gasteiger partial charge in [0.05, 0.1) is 18.0 Å². The molecule has 84 valence electrons. The summed E-state index contributed by atoms with van der Waals surface area (Å²) in [6, 6.07) is 10.2. The summed E-state index contributed by atoms with van der Waals surface area (Å²) in [4.78, 5) is 4.32. The molecule has 0 saturated carbocycles. The third kappa shape index (κ3) is 2.49. The molecular weight excluding hydrogens is 200 g/mol. The number of aromatic nitrogens is 1. The van der Waals surface area contributed by atoms with E-state index in [0.717, 1.165) is 11.5 Å². The minimum absolute atomic E-state index is 0.187. The van der Waals surface area contributed by atoms with Crippen molar-refractivity contribution in [1.82, 2.24) is 10.3 Å². The maximum Gasteiger partial charge on any atom is 0.120 e. The first kappa shape index (κ1) is 10.9. The molecule has 2 unspecified atom stereocenters. The second kappa shape index (κ2) is 4.94. The van der Waals surface area contributed by atoms with Gasteiger partial charge in [-0.15, -0.1) is 0 Å². The topological polar surface area (TPSA) is 38.1 Å². The molecular formula is C13H16N2O. The van der Waals surface area contributed by atoms with Gasteiger partial charge in [-0.1, -0.05) is 6.07 Å². The van der Waals surface area contributed by atoms with Crippen LogP contribution in [-0.4, -0.2) is 4.98 Å². The molecule has 3 nitrogen and oxygen atoms in total. The van der Waals surface area contributed by atoms with E-state index in [1.54, 1.807) is 6.26 Å². The van der Waals surface area contributed by atoms with Crippen molar-refractivity contribution in [3.63, 3.8) is 0 Å². The fraction of sp³-hybridized carbons (Fsp3) is 0.308. The highest BCUT2D eigenvalue weighted by atomic mass is 16.3. The maximum atomic E-state index is 5.35. The van der Waals surface area contributed by atoms with E-state index in [-0.39, 0.29) is 12.1 Å². The molecule has 0 bridgehead atoms. The number of furan rings is 1. The summed E-state index contributed by atoms with van der Waals surface area (Å²) >= 11 is 0. The highest BCUT2D eigenvalue weighted by Crippen LogP contribution is 2.17. The summed E-state index contributed by atoms with van der Waals surface area (Å²) in [5, 5.41) is 3.44. The molecule has 0 radical (unpaired) electrons. The Kier molecular flexibility index (Phi) is 3.37. The monoisotopic (exact) mass is 216 g/mol. The van der Waals surface area contributed by atoms with Gasteiger partial charge in [-0.25, -0.2) is 0 Å². The normalized spacial score (nSPS) is 14.6. The molecule has 0 fully saturated rings. The largest absolute Gasteiger partial charge is 0.468 e. The number of nitrogens with zero attached hydrogens (tertiary/aromatic N) is 1.